The lowest BCUT2D eigenvalue weighted by Crippen LogP contribution is -2.23. The Kier molecular flexibility index (Phi) is 5.06. The number of benzene rings is 1. The molecule has 0 unspecified atom stereocenters. The molecule has 0 aliphatic heterocycles. The van der Waals surface area contributed by atoms with Gasteiger partial charge in [-0.15, -0.1) is 0 Å². The fourth-order valence-electron chi connectivity index (χ4n) is 1.83. The number of hydrogen-bond acceptors (Lipinski definition) is 4. The zero-order valence-corrected chi connectivity index (χ0v) is 12.6. The van der Waals surface area contributed by atoms with Crippen molar-refractivity contribution in [3.05, 3.63) is 17.7 Å². The van der Waals surface area contributed by atoms with E-state index < -0.39 is 5.41 Å². The van der Waals surface area contributed by atoms with Crippen molar-refractivity contribution in [2.24, 2.45) is 0 Å². The molecule has 1 rings (SSSR count). The van der Waals surface area contributed by atoms with Crippen LogP contribution in [0.3, 0.4) is 0 Å². The Labute approximate surface area is 115 Å². The maximum absolute atomic E-state index is 9.52. The van der Waals surface area contributed by atoms with E-state index >= 15 is 0 Å². The molecule has 0 aliphatic rings. The van der Waals surface area contributed by atoms with Gasteiger partial charge in [0, 0.05) is 17.0 Å². The number of methoxy groups -OCH3 is 2. The highest BCUT2D eigenvalue weighted by Crippen LogP contribution is 2.40. The third kappa shape index (κ3) is 3.53. The molecule has 0 saturated carbocycles. The fraction of sp³-hybridized carbons (Fsp3) is 0.600. The van der Waals surface area contributed by atoms with Crippen LogP contribution in [0, 0.1) is 0 Å². The lowest BCUT2D eigenvalue weighted by atomic mass is 9.84. The summed E-state index contributed by atoms with van der Waals surface area (Å²) in [5.41, 5.74) is 0.486. The molecule has 108 valence electrons. The van der Waals surface area contributed by atoms with E-state index in [0.29, 0.717) is 17.2 Å². The molecule has 0 amide bonds. The predicted molar refractivity (Wildman–Crippen MR) is 75.4 cm³/mol. The summed E-state index contributed by atoms with van der Waals surface area (Å²) in [5, 5.41) is 9.52. The van der Waals surface area contributed by atoms with E-state index in [1.165, 1.54) is 0 Å². The summed E-state index contributed by atoms with van der Waals surface area (Å²) < 4.78 is 16.5. The zero-order valence-electron chi connectivity index (χ0n) is 12.6. The van der Waals surface area contributed by atoms with Crippen molar-refractivity contribution in [3.8, 4) is 17.2 Å². The van der Waals surface area contributed by atoms with Crippen LogP contribution in [0.1, 0.15) is 33.3 Å². The molecule has 0 aliphatic carbocycles. The van der Waals surface area contributed by atoms with E-state index in [1.807, 2.05) is 39.8 Å². The van der Waals surface area contributed by atoms with Crippen LogP contribution in [0.25, 0.3) is 0 Å². The molecule has 0 radical (unpaired) electrons. The smallest absolute Gasteiger partial charge is 0.165 e. The Morgan fingerprint density at radius 1 is 1.05 bits per heavy atom. The first-order chi connectivity index (χ1) is 8.85. The average Bonchev–Trinajstić information content (AvgIpc) is 2.37. The van der Waals surface area contributed by atoms with Crippen molar-refractivity contribution < 1.29 is 19.3 Å². The summed E-state index contributed by atoms with van der Waals surface area (Å²) in [7, 11) is 3.21. The van der Waals surface area contributed by atoms with Gasteiger partial charge in [0.1, 0.15) is 5.75 Å². The first-order valence-electron chi connectivity index (χ1n) is 6.39. The minimum absolute atomic E-state index is 0.0247. The standard InChI is InChI=1S/C15H24O4/c1-10(2)19-14-8-12(17-5)11(7-13(14)18-6)15(3,4)9-16/h7-8,10,16H,9H2,1-6H3. The lowest BCUT2D eigenvalue weighted by molar-refractivity contribution is 0.211. The molecule has 4 nitrogen and oxygen atoms in total. The van der Waals surface area contributed by atoms with Gasteiger partial charge in [-0.1, -0.05) is 13.8 Å². The number of hydrogen-bond donors (Lipinski definition) is 1. The van der Waals surface area contributed by atoms with Gasteiger partial charge in [0.15, 0.2) is 11.5 Å². The molecular weight excluding hydrogens is 244 g/mol. The van der Waals surface area contributed by atoms with Crippen LogP contribution in [0.5, 0.6) is 17.2 Å². The van der Waals surface area contributed by atoms with Gasteiger partial charge in [-0.25, -0.2) is 0 Å². The van der Waals surface area contributed by atoms with Gasteiger partial charge in [-0.2, -0.15) is 0 Å². The third-order valence-corrected chi connectivity index (χ3v) is 2.97. The summed E-state index contributed by atoms with van der Waals surface area (Å²) in [5.74, 6) is 1.98. The summed E-state index contributed by atoms with van der Waals surface area (Å²) in [6, 6.07) is 3.68. The normalized spacial score (nSPS) is 11.6. The molecular formula is C15H24O4. The van der Waals surface area contributed by atoms with Crippen molar-refractivity contribution in [2.45, 2.75) is 39.2 Å². The van der Waals surface area contributed by atoms with E-state index in [0.717, 1.165) is 5.56 Å². The van der Waals surface area contributed by atoms with Gasteiger partial charge >= 0.3 is 0 Å². The minimum atomic E-state index is -0.408. The molecule has 0 heterocycles. The van der Waals surface area contributed by atoms with Gasteiger partial charge in [-0.05, 0) is 19.9 Å². The second-order valence-electron chi connectivity index (χ2n) is 5.41. The Hall–Kier alpha value is -1.42. The van der Waals surface area contributed by atoms with Gasteiger partial charge in [0.25, 0.3) is 0 Å². The number of aliphatic hydroxyl groups is 1. The van der Waals surface area contributed by atoms with Crippen LogP contribution in [-0.4, -0.2) is 32.0 Å². The van der Waals surface area contributed by atoms with E-state index in [1.54, 1.807) is 14.2 Å². The molecule has 0 saturated heterocycles. The molecule has 0 aromatic heterocycles. The number of aliphatic hydroxyl groups excluding tert-OH is 1. The topological polar surface area (TPSA) is 47.9 Å². The van der Waals surface area contributed by atoms with E-state index in [4.69, 9.17) is 14.2 Å². The first-order valence-corrected chi connectivity index (χ1v) is 6.39. The number of rotatable bonds is 6. The summed E-state index contributed by atoms with van der Waals surface area (Å²) in [6.07, 6.45) is 0.0512. The largest absolute Gasteiger partial charge is 0.496 e. The highest BCUT2D eigenvalue weighted by molar-refractivity contribution is 5.53. The highest BCUT2D eigenvalue weighted by Gasteiger charge is 2.26. The van der Waals surface area contributed by atoms with Gasteiger partial charge in [0.2, 0.25) is 0 Å². The molecule has 1 aromatic rings. The van der Waals surface area contributed by atoms with Crippen LogP contribution >= 0.6 is 0 Å². The van der Waals surface area contributed by atoms with Gasteiger partial charge < -0.3 is 19.3 Å². The molecule has 0 bridgehead atoms. The van der Waals surface area contributed by atoms with Gasteiger partial charge in [0.05, 0.1) is 26.9 Å². The molecule has 4 heteroatoms. The molecule has 19 heavy (non-hydrogen) atoms. The van der Waals surface area contributed by atoms with Crippen LogP contribution in [0.2, 0.25) is 0 Å². The Morgan fingerprint density at radius 2 is 1.63 bits per heavy atom. The summed E-state index contributed by atoms with van der Waals surface area (Å²) in [4.78, 5) is 0. The van der Waals surface area contributed by atoms with E-state index in [-0.39, 0.29) is 12.7 Å². The predicted octanol–water partition coefficient (Wildman–Crippen LogP) is 2.76. The van der Waals surface area contributed by atoms with Crippen molar-refractivity contribution in [1.82, 2.24) is 0 Å². The molecule has 0 atom stereocenters. The molecule has 1 aromatic carbocycles. The zero-order chi connectivity index (χ0) is 14.6. The van der Waals surface area contributed by atoms with Crippen LogP contribution in [0.15, 0.2) is 12.1 Å². The van der Waals surface area contributed by atoms with Crippen molar-refractivity contribution >= 4 is 0 Å². The van der Waals surface area contributed by atoms with Crippen LogP contribution in [-0.2, 0) is 5.41 Å². The van der Waals surface area contributed by atoms with E-state index in [2.05, 4.69) is 0 Å². The number of ether oxygens (including phenoxy) is 3. The highest BCUT2D eigenvalue weighted by atomic mass is 16.5. The van der Waals surface area contributed by atoms with Crippen molar-refractivity contribution in [2.75, 3.05) is 20.8 Å². The second-order valence-corrected chi connectivity index (χ2v) is 5.41. The van der Waals surface area contributed by atoms with Crippen LogP contribution in [0.4, 0.5) is 0 Å². The quantitative estimate of drug-likeness (QED) is 0.862. The Bertz CT molecular complexity index is 424. The SMILES string of the molecule is COc1cc(C(C)(C)CO)c(OC)cc1OC(C)C. The van der Waals surface area contributed by atoms with Gasteiger partial charge in [-0.3, -0.25) is 0 Å². The van der Waals surface area contributed by atoms with E-state index in [9.17, 15) is 5.11 Å². The van der Waals surface area contributed by atoms with Crippen LogP contribution < -0.4 is 14.2 Å². The fourth-order valence-corrected chi connectivity index (χ4v) is 1.83. The summed E-state index contributed by atoms with van der Waals surface area (Å²) in [6.45, 7) is 7.84. The summed E-state index contributed by atoms with van der Waals surface area (Å²) >= 11 is 0. The lowest BCUT2D eigenvalue weighted by Gasteiger charge is -2.26. The molecule has 0 spiro atoms. The van der Waals surface area contributed by atoms with Crippen molar-refractivity contribution in [3.63, 3.8) is 0 Å². The average molecular weight is 268 g/mol. The third-order valence-electron chi connectivity index (χ3n) is 2.97. The molecule has 0 fully saturated rings. The van der Waals surface area contributed by atoms with Crippen molar-refractivity contribution in [1.29, 1.82) is 0 Å². The second kappa shape index (κ2) is 6.15. The Morgan fingerprint density at radius 3 is 2.05 bits per heavy atom. The molecule has 1 N–H and O–H groups in total. The maximum Gasteiger partial charge on any atom is 0.165 e. The Balaban J connectivity index is 3.35. The monoisotopic (exact) mass is 268 g/mol. The minimum Gasteiger partial charge on any atom is -0.496 e. The first kappa shape index (κ1) is 15.6. The maximum atomic E-state index is 9.52.